The van der Waals surface area contributed by atoms with Crippen LogP contribution in [-0.4, -0.2) is 46.7 Å². The number of nitrogens with one attached hydrogen (secondary N) is 1. The fraction of sp³-hybridized carbons (Fsp3) is 0.294. The van der Waals surface area contributed by atoms with Gasteiger partial charge in [-0.25, -0.2) is 15.0 Å². The maximum absolute atomic E-state index is 12.3. The SMILES string of the molecule is O=C(NC1COC1)c1nc2c(N3/C=C/C=C\C=C\CC3)ncnc2s1. The number of thiazole rings is 1. The molecule has 0 aliphatic carbocycles. The molecule has 0 aromatic carbocycles. The fourth-order valence-corrected chi connectivity index (χ4v) is 3.34. The van der Waals surface area contributed by atoms with E-state index in [1.165, 1.54) is 17.7 Å². The number of fused-ring (bicyclic) bond motifs is 1. The predicted octanol–water partition coefficient (Wildman–Crippen LogP) is 2.05. The first kappa shape index (κ1) is 15.9. The Bertz CT molecular complexity index is 869. The lowest BCUT2D eigenvalue weighted by atomic mass is 10.2. The van der Waals surface area contributed by atoms with Gasteiger partial charge in [-0.15, -0.1) is 0 Å². The van der Waals surface area contributed by atoms with E-state index in [1.807, 2.05) is 35.4 Å². The smallest absolute Gasteiger partial charge is 0.280 e. The molecule has 8 heteroatoms. The minimum absolute atomic E-state index is 0.0738. The highest BCUT2D eigenvalue weighted by Gasteiger charge is 2.24. The number of nitrogens with zero attached hydrogens (tertiary/aromatic N) is 4. The number of carbonyl (C=O) groups is 1. The first-order chi connectivity index (χ1) is 12.3. The number of carbonyl (C=O) groups excluding carboxylic acids is 1. The third-order valence-corrected chi connectivity index (χ3v) is 4.85. The molecule has 128 valence electrons. The van der Waals surface area contributed by atoms with Gasteiger partial charge in [-0.3, -0.25) is 4.79 Å². The Labute approximate surface area is 148 Å². The Balaban J connectivity index is 1.64. The van der Waals surface area contributed by atoms with E-state index in [2.05, 4.69) is 26.3 Å². The fourth-order valence-electron chi connectivity index (χ4n) is 2.54. The van der Waals surface area contributed by atoms with Crippen molar-refractivity contribution >= 4 is 33.4 Å². The molecule has 4 heterocycles. The maximum atomic E-state index is 12.3. The molecule has 4 rings (SSSR count). The summed E-state index contributed by atoms with van der Waals surface area (Å²) in [6, 6.07) is 0.0738. The van der Waals surface area contributed by atoms with Crippen LogP contribution in [0, 0.1) is 0 Å². The predicted molar refractivity (Wildman–Crippen MR) is 96.7 cm³/mol. The Hall–Kier alpha value is -2.58. The lowest BCUT2D eigenvalue weighted by Gasteiger charge is -2.26. The number of amides is 1. The highest BCUT2D eigenvalue weighted by Crippen LogP contribution is 2.27. The molecule has 0 spiro atoms. The first-order valence-corrected chi connectivity index (χ1v) is 8.90. The molecule has 2 aromatic heterocycles. The third-order valence-electron chi connectivity index (χ3n) is 3.89. The number of ether oxygens (including phenoxy) is 1. The van der Waals surface area contributed by atoms with Crippen molar-refractivity contribution in [1.82, 2.24) is 20.3 Å². The van der Waals surface area contributed by atoms with Crippen LogP contribution in [0.2, 0.25) is 0 Å². The average molecular weight is 355 g/mol. The summed E-state index contributed by atoms with van der Waals surface area (Å²) in [6.07, 6.45) is 14.4. The summed E-state index contributed by atoms with van der Waals surface area (Å²) in [5.41, 5.74) is 0.652. The van der Waals surface area contributed by atoms with Crippen LogP contribution in [0.3, 0.4) is 0 Å². The summed E-state index contributed by atoms with van der Waals surface area (Å²) in [6.45, 7) is 1.89. The second-order valence-corrected chi connectivity index (χ2v) is 6.69. The van der Waals surface area contributed by atoms with E-state index in [1.54, 1.807) is 0 Å². The molecule has 0 bridgehead atoms. The van der Waals surface area contributed by atoms with E-state index in [4.69, 9.17) is 4.74 Å². The normalized spacial score (nSPS) is 21.7. The molecule has 2 aliphatic rings. The van der Waals surface area contributed by atoms with Crippen LogP contribution in [0.15, 0.2) is 42.9 Å². The van der Waals surface area contributed by atoms with Gasteiger partial charge in [0.25, 0.3) is 5.91 Å². The molecular weight excluding hydrogens is 338 g/mol. The largest absolute Gasteiger partial charge is 0.377 e. The molecule has 0 radical (unpaired) electrons. The van der Waals surface area contributed by atoms with E-state index < -0.39 is 0 Å². The van der Waals surface area contributed by atoms with E-state index in [0.29, 0.717) is 34.4 Å². The molecule has 0 saturated carbocycles. The van der Waals surface area contributed by atoms with Crippen LogP contribution < -0.4 is 10.2 Å². The highest BCUT2D eigenvalue weighted by atomic mass is 32.1. The Morgan fingerprint density at radius 3 is 2.96 bits per heavy atom. The average Bonchev–Trinajstić information content (AvgIpc) is 3.06. The van der Waals surface area contributed by atoms with Crippen LogP contribution in [0.5, 0.6) is 0 Å². The molecule has 0 atom stereocenters. The number of anilines is 1. The van der Waals surface area contributed by atoms with Gasteiger partial charge in [0.1, 0.15) is 16.7 Å². The quantitative estimate of drug-likeness (QED) is 0.908. The monoisotopic (exact) mass is 355 g/mol. The zero-order chi connectivity index (χ0) is 17.1. The number of allylic oxidation sites excluding steroid dienone is 4. The summed E-state index contributed by atoms with van der Waals surface area (Å²) < 4.78 is 5.08. The molecule has 1 saturated heterocycles. The lowest BCUT2D eigenvalue weighted by Crippen LogP contribution is -2.48. The van der Waals surface area contributed by atoms with Gasteiger partial charge in [-0.2, -0.15) is 0 Å². The van der Waals surface area contributed by atoms with E-state index in [0.717, 1.165) is 13.0 Å². The van der Waals surface area contributed by atoms with Crippen LogP contribution in [0.25, 0.3) is 10.3 Å². The Morgan fingerprint density at radius 1 is 1.24 bits per heavy atom. The molecule has 7 nitrogen and oxygen atoms in total. The van der Waals surface area contributed by atoms with Crippen molar-refractivity contribution in [2.75, 3.05) is 24.7 Å². The number of hydrogen-bond donors (Lipinski definition) is 1. The van der Waals surface area contributed by atoms with Gasteiger partial charge in [0.15, 0.2) is 10.8 Å². The Kier molecular flexibility index (Phi) is 4.53. The summed E-state index contributed by atoms with van der Waals surface area (Å²) in [4.78, 5) is 28.3. The number of rotatable bonds is 3. The first-order valence-electron chi connectivity index (χ1n) is 8.08. The number of aromatic nitrogens is 3. The van der Waals surface area contributed by atoms with Gasteiger partial charge < -0.3 is 15.0 Å². The molecule has 25 heavy (non-hydrogen) atoms. The van der Waals surface area contributed by atoms with Crippen LogP contribution in [0.1, 0.15) is 16.2 Å². The summed E-state index contributed by atoms with van der Waals surface area (Å²) in [5, 5.41) is 3.31. The van der Waals surface area contributed by atoms with Gasteiger partial charge in [-0.05, 0) is 12.5 Å². The topological polar surface area (TPSA) is 80.2 Å². The van der Waals surface area contributed by atoms with Gasteiger partial charge in [0.05, 0.1) is 19.3 Å². The molecule has 1 amide bonds. The molecule has 1 N–H and O–H groups in total. The summed E-state index contributed by atoms with van der Waals surface area (Å²) >= 11 is 1.28. The molecule has 2 aromatic rings. The molecule has 2 aliphatic heterocycles. The summed E-state index contributed by atoms with van der Waals surface area (Å²) in [7, 11) is 0. The van der Waals surface area contributed by atoms with Gasteiger partial charge in [-0.1, -0.05) is 35.6 Å². The van der Waals surface area contributed by atoms with Crippen LogP contribution in [-0.2, 0) is 4.74 Å². The Morgan fingerprint density at radius 2 is 2.12 bits per heavy atom. The van der Waals surface area contributed by atoms with Crippen molar-refractivity contribution in [2.45, 2.75) is 12.5 Å². The second kappa shape index (κ2) is 7.12. The molecular formula is C17H17N5O2S. The third kappa shape index (κ3) is 3.45. The van der Waals surface area contributed by atoms with Gasteiger partial charge in [0, 0.05) is 12.7 Å². The van der Waals surface area contributed by atoms with Crippen LogP contribution in [0.4, 0.5) is 5.82 Å². The van der Waals surface area contributed by atoms with Crippen molar-refractivity contribution in [3.8, 4) is 0 Å². The number of hydrogen-bond acceptors (Lipinski definition) is 7. The lowest BCUT2D eigenvalue weighted by molar-refractivity contribution is -0.00346. The minimum Gasteiger partial charge on any atom is -0.377 e. The minimum atomic E-state index is -0.187. The standard InChI is InChI=1S/C17H17N5O2S/c23-15(20-12-9-24-10-12)17-21-13-14(18-11-19-16(13)25-17)22-7-5-3-1-2-4-6-8-22/h1-5,7,11-12H,6,8-10H2,(H,20,23)/b3-1-,4-2+,7-5+. The second-order valence-electron chi connectivity index (χ2n) is 5.71. The van der Waals surface area contributed by atoms with Crippen LogP contribution >= 0.6 is 11.3 Å². The highest BCUT2D eigenvalue weighted by molar-refractivity contribution is 7.19. The van der Waals surface area contributed by atoms with Crippen molar-refractivity contribution in [1.29, 1.82) is 0 Å². The van der Waals surface area contributed by atoms with E-state index >= 15 is 0 Å². The molecule has 0 unspecified atom stereocenters. The van der Waals surface area contributed by atoms with Gasteiger partial charge in [0.2, 0.25) is 0 Å². The maximum Gasteiger partial charge on any atom is 0.280 e. The van der Waals surface area contributed by atoms with Crippen molar-refractivity contribution in [2.24, 2.45) is 0 Å². The van der Waals surface area contributed by atoms with Crippen molar-refractivity contribution in [3.63, 3.8) is 0 Å². The van der Waals surface area contributed by atoms with Crippen molar-refractivity contribution < 1.29 is 9.53 Å². The summed E-state index contributed by atoms with van der Waals surface area (Å²) in [5.74, 6) is 0.528. The van der Waals surface area contributed by atoms with Crippen molar-refractivity contribution in [3.05, 3.63) is 47.9 Å². The zero-order valence-electron chi connectivity index (χ0n) is 13.5. The van der Waals surface area contributed by atoms with Gasteiger partial charge >= 0.3 is 0 Å². The molecule has 1 fully saturated rings. The zero-order valence-corrected chi connectivity index (χ0v) is 14.3. The van der Waals surface area contributed by atoms with E-state index in [9.17, 15) is 4.79 Å². The van der Waals surface area contributed by atoms with E-state index in [-0.39, 0.29) is 11.9 Å².